The van der Waals surface area contributed by atoms with E-state index in [1.807, 2.05) is 61.5 Å². The molecule has 1 amide bonds. The molecule has 3 rings (SSSR count). The van der Waals surface area contributed by atoms with E-state index in [-0.39, 0.29) is 31.4 Å². The van der Waals surface area contributed by atoms with E-state index >= 15 is 0 Å². The molecule has 3 aromatic rings. The lowest BCUT2D eigenvalue weighted by atomic mass is 10.1. The van der Waals surface area contributed by atoms with Gasteiger partial charge in [0.2, 0.25) is 0 Å². The maximum atomic E-state index is 12.8. The van der Waals surface area contributed by atoms with E-state index in [0.29, 0.717) is 12.1 Å². The summed E-state index contributed by atoms with van der Waals surface area (Å²) in [7, 11) is 0. The SMILES string of the molecule is CCN(CCO)C(=O)c1oc2ccccc2c1COc1ccccc1. The van der Waals surface area contributed by atoms with Crippen LogP contribution in [0.4, 0.5) is 0 Å². The summed E-state index contributed by atoms with van der Waals surface area (Å²) in [5.41, 5.74) is 1.37. The Morgan fingerprint density at radius 1 is 1.12 bits per heavy atom. The Hall–Kier alpha value is -2.79. The maximum absolute atomic E-state index is 12.8. The van der Waals surface area contributed by atoms with Crippen molar-refractivity contribution in [2.75, 3.05) is 19.7 Å². The zero-order valence-electron chi connectivity index (χ0n) is 14.1. The first-order valence-corrected chi connectivity index (χ1v) is 8.33. The van der Waals surface area contributed by atoms with Gasteiger partial charge in [-0.1, -0.05) is 36.4 Å². The first-order chi connectivity index (χ1) is 12.2. The number of fused-ring (bicyclic) bond motifs is 1. The molecule has 0 saturated heterocycles. The summed E-state index contributed by atoms with van der Waals surface area (Å²) in [6.07, 6.45) is 0. The number of para-hydroxylation sites is 2. The molecule has 1 N–H and O–H groups in total. The minimum atomic E-state index is -0.237. The fourth-order valence-electron chi connectivity index (χ4n) is 2.75. The molecule has 0 radical (unpaired) electrons. The number of carbonyl (C=O) groups is 1. The first kappa shape index (κ1) is 17.0. The summed E-state index contributed by atoms with van der Waals surface area (Å²) in [4.78, 5) is 14.4. The smallest absolute Gasteiger partial charge is 0.290 e. The molecule has 0 fully saturated rings. The van der Waals surface area contributed by atoms with Crippen LogP contribution < -0.4 is 4.74 Å². The molecule has 0 aliphatic heterocycles. The Morgan fingerprint density at radius 2 is 1.84 bits per heavy atom. The molecule has 5 nitrogen and oxygen atoms in total. The van der Waals surface area contributed by atoms with Crippen molar-refractivity contribution in [2.45, 2.75) is 13.5 Å². The minimum absolute atomic E-state index is 0.0876. The molecule has 0 aliphatic rings. The van der Waals surface area contributed by atoms with E-state index in [2.05, 4.69) is 0 Å². The normalized spacial score (nSPS) is 10.8. The highest BCUT2D eigenvalue weighted by molar-refractivity contribution is 5.99. The van der Waals surface area contributed by atoms with Crippen molar-refractivity contribution in [2.24, 2.45) is 0 Å². The van der Waals surface area contributed by atoms with Gasteiger partial charge in [0.05, 0.1) is 6.61 Å². The Morgan fingerprint density at radius 3 is 2.56 bits per heavy atom. The average molecular weight is 339 g/mol. The number of nitrogens with zero attached hydrogens (tertiary/aromatic N) is 1. The van der Waals surface area contributed by atoms with Crippen LogP contribution in [0.2, 0.25) is 0 Å². The second kappa shape index (κ2) is 7.85. The van der Waals surface area contributed by atoms with Crippen LogP contribution in [0, 0.1) is 0 Å². The van der Waals surface area contributed by atoms with Gasteiger partial charge in [-0.25, -0.2) is 0 Å². The van der Waals surface area contributed by atoms with Gasteiger partial charge in [0.1, 0.15) is 17.9 Å². The third-order valence-corrected chi connectivity index (χ3v) is 4.06. The average Bonchev–Trinajstić information content (AvgIpc) is 3.03. The van der Waals surface area contributed by atoms with Crippen LogP contribution in [-0.4, -0.2) is 35.6 Å². The molecule has 0 atom stereocenters. The van der Waals surface area contributed by atoms with Crippen LogP contribution in [-0.2, 0) is 6.61 Å². The van der Waals surface area contributed by atoms with Crippen LogP contribution >= 0.6 is 0 Å². The van der Waals surface area contributed by atoms with Gasteiger partial charge >= 0.3 is 0 Å². The summed E-state index contributed by atoms with van der Waals surface area (Å²) in [5.74, 6) is 0.765. The molecular weight excluding hydrogens is 318 g/mol. The number of hydrogen-bond donors (Lipinski definition) is 1. The van der Waals surface area contributed by atoms with Crippen molar-refractivity contribution >= 4 is 16.9 Å². The maximum Gasteiger partial charge on any atom is 0.290 e. The summed E-state index contributed by atoms with van der Waals surface area (Å²) in [6.45, 7) is 2.78. The lowest BCUT2D eigenvalue weighted by Gasteiger charge is -2.19. The second-order valence-electron chi connectivity index (χ2n) is 5.62. The molecule has 5 heteroatoms. The highest BCUT2D eigenvalue weighted by Crippen LogP contribution is 2.28. The number of carbonyl (C=O) groups excluding carboxylic acids is 1. The molecule has 130 valence electrons. The Balaban J connectivity index is 1.95. The molecule has 2 aromatic carbocycles. The number of rotatable bonds is 7. The van der Waals surface area contributed by atoms with Crippen LogP contribution in [0.5, 0.6) is 5.75 Å². The van der Waals surface area contributed by atoms with Gasteiger partial charge in [0.15, 0.2) is 5.76 Å². The van der Waals surface area contributed by atoms with Gasteiger partial charge < -0.3 is 19.2 Å². The fraction of sp³-hybridized carbons (Fsp3) is 0.250. The number of ether oxygens (including phenoxy) is 1. The van der Waals surface area contributed by atoms with Gasteiger partial charge in [0, 0.05) is 24.0 Å². The van der Waals surface area contributed by atoms with Gasteiger partial charge in [0.25, 0.3) is 5.91 Å². The number of aliphatic hydroxyl groups is 1. The quantitative estimate of drug-likeness (QED) is 0.716. The minimum Gasteiger partial charge on any atom is -0.489 e. The Kier molecular flexibility index (Phi) is 5.36. The predicted molar refractivity (Wildman–Crippen MR) is 95.7 cm³/mol. The van der Waals surface area contributed by atoms with E-state index in [4.69, 9.17) is 9.15 Å². The van der Waals surface area contributed by atoms with Crippen molar-refractivity contribution in [1.29, 1.82) is 0 Å². The summed E-state index contributed by atoms with van der Waals surface area (Å²) in [5, 5.41) is 10.0. The van der Waals surface area contributed by atoms with E-state index in [9.17, 15) is 9.90 Å². The van der Waals surface area contributed by atoms with Crippen molar-refractivity contribution in [1.82, 2.24) is 4.90 Å². The zero-order valence-corrected chi connectivity index (χ0v) is 14.1. The summed E-state index contributed by atoms with van der Waals surface area (Å²) >= 11 is 0. The third-order valence-electron chi connectivity index (χ3n) is 4.06. The van der Waals surface area contributed by atoms with E-state index in [1.165, 1.54) is 0 Å². The molecule has 0 saturated carbocycles. The number of amides is 1. The Labute approximate surface area is 146 Å². The van der Waals surface area contributed by atoms with Gasteiger partial charge in [-0.05, 0) is 25.1 Å². The highest BCUT2D eigenvalue weighted by atomic mass is 16.5. The van der Waals surface area contributed by atoms with Crippen molar-refractivity contribution in [3.8, 4) is 5.75 Å². The van der Waals surface area contributed by atoms with Gasteiger partial charge in [-0.15, -0.1) is 0 Å². The van der Waals surface area contributed by atoms with Crippen molar-refractivity contribution in [3.63, 3.8) is 0 Å². The van der Waals surface area contributed by atoms with Crippen LogP contribution in [0.15, 0.2) is 59.0 Å². The predicted octanol–water partition coefficient (Wildman–Crippen LogP) is 3.47. The largest absolute Gasteiger partial charge is 0.489 e. The van der Waals surface area contributed by atoms with E-state index < -0.39 is 0 Å². The number of benzene rings is 2. The Bertz CT molecular complexity index is 841. The van der Waals surface area contributed by atoms with E-state index in [0.717, 1.165) is 16.7 Å². The summed E-state index contributed by atoms with van der Waals surface area (Å²) in [6, 6.07) is 17.0. The number of hydrogen-bond acceptors (Lipinski definition) is 4. The topological polar surface area (TPSA) is 62.9 Å². The summed E-state index contributed by atoms with van der Waals surface area (Å²) < 4.78 is 11.7. The third kappa shape index (κ3) is 3.67. The molecule has 1 aromatic heterocycles. The molecule has 0 unspecified atom stereocenters. The number of aliphatic hydroxyl groups excluding tert-OH is 1. The molecule has 0 aliphatic carbocycles. The van der Waals surface area contributed by atoms with Crippen LogP contribution in [0.1, 0.15) is 23.0 Å². The lowest BCUT2D eigenvalue weighted by Crippen LogP contribution is -2.33. The zero-order chi connectivity index (χ0) is 17.6. The molecule has 25 heavy (non-hydrogen) atoms. The number of furan rings is 1. The molecule has 1 heterocycles. The highest BCUT2D eigenvalue weighted by Gasteiger charge is 2.24. The fourth-order valence-corrected chi connectivity index (χ4v) is 2.75. The van der Waals surface area contributed by atoms with Crippen LogP contribution in [0.3, 0.4) is 0 Å². The van der Waals surface area contributed by atoms with Crippen molar-refractivity contribution < 1.29 is 19.1 Å². The van der Waals surface area contributed by atoms with E-state index in [1.54, 1.807) is 4.90 Å². The standard InChI is InChI=1S/C20H21NO4/c1-2-21(12-13-22)20(23)19-17(14-24-15-8-4-3-5-9-15)16-10-6-7-11-18(16)25-19/h3-11,22H,2,12-14H2,1H3. The second-order valence-corrected chi connectivity index (χ2v) is 5.62. The lowest BCUT2D eigenvalue weighted by molar-refractivity contribution is 0.0699. The molecule has 0 spiro atoms. The van der Waals surface area contributed by atoms with Crippen LogP contribution in [0.25, 0.3) is 11.0 Å². The molecule has 0 bridgehead atoms. The van der Waals surface area contributed by atoms with Crippen molar-refractivity contribution in [3.05, 3.63) is 65.9 Å². The van der Waals surface area contributed by atoms with Gasteiger partial charge in [-0.2, -0.15) is 0 Å². The molecular formula is C20H21NO4. The van der Waals surface area contributed by atoms with Gasteiger partial charge in [-0.3, -0.25) is 4.79 Å². The first-order valence-electron chi connectivity index (χ1n) is 8.33. The monoisotopic (exact) mass is 339 g/mol. The number of likely N-dealkylation sites (N-methyl/N-ethyl adjacent to an activating group) is 1.